The summed E-state index contributed by atoms with van der Waals surface area (Å²) in [6, 6.07) is 0. The molecule has 0 heterocycles. The number of Topliss-reactive ketones (excluding diaryl/α,β-unsaturated/α-hetero) is 1. The van der Waals surface area contributed by atoms with E-state index in [0.717, 1.165) is 24.3 Å². The Morgan fingerprint density at radius 2 is 2.14 bits per heavy atom. The maximum Gasteiger partial charge on any atom is 0.132 e. The van der Waals surface area contributed by atoms with Crippen LogP contribution in [-0.2, 0) is 4.79 Å². The normalized spacial score (nSPS) is 25.6. The third-order valence-electron chi connectivity index (χ3n) is 6.47. The minimum absolute atomic E-state index is 0.205. The van der Waals surface area contributed by atoms with Gasteiger partial charge in [0.05, 0.1) is 11.3 Å². The first-order chi connectivity index (χ1) is 13.6. The molecule has 158 valence electrons. The van der Waals surface area contributed by atoms with Crippen LogP contribution in [0.4, 0.5) is 0 Å². The van der Waals surface area contributed by atoms with E-state index in [0.29, 0.717) is 18.3 Å². The lowest BCUT2D eigenvalue weighted by Crippen LogP contribution is -2.46. The van der Waals surface area contributed by atoms with Crippen LogP contribution in [0.3, 0.4) is 0 Å². The molecule has 0 amide bonds. The molecule has 1 N–H and O–H groups in total. The van der Waals surface area contributed by atoms with Crippen molar-refractivity contribution in [1.29, 1.82) is 0 Å². The van der Waals surface area contributed by atoms with Crippen molar-refractivity contribution in [3.63, 3.8) is 0 Å². The van der Waals surface area contributed by atoms with Crippen LogP contribution < -0.4 is 5.32 Å². The van der Waals surface area contributed by atoms with Crippen molar-refractivity contribution >= 4 is 11.5 Å². The number of aliphatic imine (C=N–C) groups is 1. The van der Waals surface area contributed by atoms with E-state index in [1.54, 1.807) is 6.92 Å². The number of carbonyl (C=O) groups is 1. The first-order valence-corrected chi connectivity index (χ1v) is 10.8. The van der Waals surface area contributed by atoms with Crippen LogP contribution in [0.2, 0.25) is 0 Å². The van der Waals surface area contributed by atoms with Crippen LogP contribution in [0.5, 0.6) is 0 Å². The second-order valence-electron chi connectivity index (χ2n) is 8.86. The van der Waals surface area contributed by atoms with Gasteiger partial charge in [-0.1, -0.05) is 37.3 Å². The van der Waals surface area contributed by atoms with Gasteiger partial charge in [-0.25, -0.2) is 0 Å². The molecular weight excluding hydrogens is 356 g/mol. The van der Waals surface area contributed by atoms with Crippen LogP contribution in [0, 0.1) is 11.8 Å². The van der Waals surface area contributed by atoms with Gasteiger partial charge in [0.15, 0.2) is 0 Å². The molecular formula is C26H38N2O. The van der Waals surface area contributed by atoms with E-state index in [9.17, 15) is 4.79 Å². The van der Waals surface area contributed by atoms with E-state index < -0.39 is 0 Å². The summed E-state index contributed by atoms with van der Waals surface area (Å²) >= 11 is 0. The summed E-state index contributed by atoms with van der Waals surface area (Å²) in [5.74, 6) is 1.06. The van der Waals surface area contributed by atoms with E-state index in [2.05, 4.69) is 68.9 Å². The Hall–Kier alpha value is -2.16. The van der Waals surface area contributed by atoms with Crippen molar-refractivity contribution < 1.29 is 4.79 Å². The molecule has 29 heavy (non-hydrogen) atoms. The summed E-state index contributed by atoms with van der Waals surface area (Å²) in [5, 5.41) is 3.53. The zero-order chi connectivity index (χ0) is 21.8. The number of hydrogen-bond donors (Lipinski definition) is 1. The molecule has 0 aromatic rings. The molecule has 0 radical (unpaired) electrons. The summed E-state index contributed by atoms with van der Waals surface area (Å²) in [7, 11) is 1.86. The third-order valence-corrected chi connectivity index (χ3v) is 6.47. The van der Waals surface area contributed by atoms with Gasteiger partial charge in [0, 0.05) is 19.2 Å². The van der Waals surface area contributed by atoms with E-state index in [4.69, 9.17) is 0 Å². The van der Waals surface area contributed by atoms with Crippen molar-refractivity contribution in [3.8, 4) is 0 Å². The second kappa shape index (κ2) is 9.56. The quantitative estimate of drug-likeness (QED) is 0.529. The lowest BCUT2D eigenvalue weighted by Gasteiger charge is -2.41. The Kier molecular flexibility index (Phi) is 7.62. The molecule has 2 aliphatic carbocycles. The summed E-state index contributed by atoms with van der Waals surface area (Å²) in [4.78, 5) is 16.5. The molecule has 0 aliphatic heterocycles. The largest absolute Gasteiger partial charge is 0.380 e. The standard InChI is InChI=1S/C26H38N2O/c1-9-21-23(13-11-15-25(21)27-8)19(5)22-12-10-14-24(20(22)6)26(7,16-18(4)29)28-17(2)3/h9,11,13,15,19,22,28H,2,10,12,14,16H2,1,3-8H3/b21-9-,27-25-/t19-,22?,26?/m1/s1. The predicted molar refractivity (Wildman–Crippen MR) is 125 cm³/mol. The Balaban J connectivity index is 2.46. The molecule has 0 saturated carbocycles. The lowest BCUT2D eigenvalue weighted by molar-refractivity contribution is -0.118. The number of allylic oxidation sites excluding steroid dienone is 8. The summed E-state index contributed by atoms with van der Waals surface area (Å²) in [6.07, 6.45) is 12.5. The Bertz CT molecular complexity index is 804. The highest BCUT2D eigenvalue weighted by atomic mass is 16.1. The van der Waals surface area contributed by atoms with E-state index in [1.807, 2.05) is 14.0 Å². The highest BCUT2D eigenvalue weighted by molar-refractivity contribution is 6.12. The third kappa shape index (κ3) is 5.07. The fourth-order valence-corrected chi connectivity index (χ4v) is 5.36. The van der Waals surface area contributed by atoms with Crippen molar-refractivity contribution in [2.24, 2.45) is 16.8 Å². The molecule has 0 bridgehead atoms. The number of hydrogen-bond acceptors (Lipinski definition) is 3. The first-order valence-electron chi connectivity index (χ1n) is 10.8. The SMILES string of the molecule is C=C(C)NC(C)(CC(C)=O)C1=C(C)C([C@@H](C)C2=CC=CC(=N/C)/C2=C\C)CCC1. The maximum atomic E-state index is 12.1. The van der Waals surface area contributed by atoms with Gasteiger partial charge in [-0.15, -0.1) is 0 Å². The van der Waals surface area contributed by atoms with Gasteiger partial charge in [0.1, 0.15) is 5.78 Å². The van der Waals surface area contributed by atoms with Gasteiger partial charge in [0.2, 0.25) is 0 Å². The average Bonchev–Trinajstić information content (AvgIpc) is 2.65. The van der Waals surface area contributed by atoms with E-state index >= 15 is 0 Å². The van der Waals surface area contributed by atoms with Crippen molar-refractivity contribution in [2.45, 2.75) is 72.8 Å². The molecule has 0 fully saturated rings. The lowest BCUT2D eigenvalue weighted by atomic mass is 9.68. The van der Waals surface area contributed by atoms with Crippen LogP contribution in [0.15, 0.2) is 63.9 Å². The monoisotopic (exact) mass is 394 g/mol. The summed E-state index contributed by atoms with van der Waals surface area (Å²) < 4.78 is 0. The van der Waals surface area contributed by atoms with Crippen LogP contribution >= 0.6 is 0 Å². The second-order valence-corrected chi connectivity index (χ2v) is 8.86. The van der Waals surface area contributed by atoms with Gasteiger partial charge < -0.3 is 5.32 Å². The zero-order valence-corrected chi connectivity index (χ0v) is 19.4. The first kappa shape index (κ1) is 23.1. The fourth-order valence-electron chi connectivity index (χ4n) is 5.36. The Morgan fingerprint density at radius 1 is 1.45 bits per heavy atom. The number of nitrogens with zero attached hydrogens (tertiary/aromatic N) is 1. The molecule has 3 atom stereocenters. The minimum atomic E-state index is -0.361. The maximum absolute atomic E-state index is 12.1. The predicted octanol–water partition coefficient (Wildman–Crippen LogP) is 6.11. The van der Waals surface area contributed by atoms with E-state index in [-0.39, 0.29) is 11.3 Å². The molecule has 0 aromatic heterocycles. The molecule has 2 unspecified atom stereocenters. The molecule has 3 heteroatoms. The van der Waals surface area contributed by atoms with Crippen LogP contribution in [0.25, 0.3) is 0 Å². The topological polar surface area (TPSA) is 41.5 Å². The fraction of sp³-hybridized carbons (Fsp3) is 0.538. The van der Waals surface area contributed by atoms with Crippen LogP contribution in [-0.4, -0.2) is 24.1 Å². The molecule has 3 nitrogen and oxygen atoms in total. The molecule has 2 rings (SSSR count). The number of rotatable bonds is 7. The van der Waals surface area contributed by atoms with Gasteiger partial charge in [-0.3, -0.25) is 9.79 Å². The van der Waals surface area contributed by atoms with Gasteiger partial charge >= 0.3 is 0 Å². The Labute approximate surface area is 177 Å². The highest BCUT2D eigenvalue weighted by Gasteiger charge is 2.37. The van der Waals surface area contributed by atoms with Gasteiger partial charge in [-0.2, -0.15) is 0 Å². The zero-order valence-electron chi connectivity index (χ0n) is 19.4. The number of nitrogens with one attached hydrogen (secondary N) is 1. The molecule has 0 saturated heterocycles. The molecule has 0 aromatic carbocycles. The number of carbonyl (C=O) groups excluding carboxylic acids is 1. The smallest absolute Gasteiger partial charge is 0.132 e. The minimum Gasteiger partial charge on any atom is -0.380 e. The molecule has 2 aliphatic rings. The van der Waals surface area contributed by atoms with E-state index in [1.165, 1.54) is 28.7 Å². The van der Waals surface area contributed by atoms with Crippen molar-refractivity contribution in [2.75, 3.05) is 7.05 Å². The van der Waals surface area contributed by atoms with Gasteiger partial charge in [0.25, 0.3) is 0 Å². The summed E-state index contributed by atoms with van der Waals surface area (Å²) in [5.41, 5.74) is 7.03. The number of ketones is 1. The average molecular weight is 395 g/mol. The molecule has 0 spiro atoms. The van der Waals surface area contributed by atoms with Crippen molar-refractivity contribution in [1.82, 2.24) is 5.32 Å². The van der Waals surface area contributed by atoms with Crippen molar-refractivity contribution in [3.05, 3.63) is 58.9 Å². The van der Waals surface area contributed by atoms with Gasteiger partial charge in [-0.05, 0) is 88.5 Å². The Morgan fingerprint density at radius 3 is 2.69 bits per heavy atom. The van der Waals surface area contributed by atoms with Crippen LogP contribution in [0.1, 0.15) is 67.2 Å². The summed E-state index contributed by atoms with van der Waals surface area (Å²) in [6.45, 7) is 16.6. The highest BCUT2D eigenvalue weighted by Crippen LogP contribution is 2.44.